The maximum Gasteiger partial charge on any atom is 0.228 e. The van der Waals surface area contributed by atoms with Gasteiger partial charge in [0.05, 0.1) is 6.61 Å². The van der Waals surface area contributed by atoms with E-state index in [1.165, 1.54) is 4.31 Å². The first-order valence-corrected chi connectivity index (χ1v) is 6.68. The summed E-state index contributed by atoms with van der Waals surface area (Å²) in [5.74, 6) is 0. The molecule has 0 aromatic heterocycles. The molecule has 4 nitrogen and oxygen atoms in total. The fourth-order valence-electron chi connectivity index (χ4n) is 1.08. The molecule has 0 heterocycles. The minimum Gasteiger partial charge on any atom is -0.383 e. The maximum absolute atomic E-state index is 11.5. The zero-order chi connectivity index (χ0) is 11.2. The van der Waals surface area contributed by atoms with E-state index in [2.05, 4.69) is 0 Å². The summed E-state index contributed by atoms with van der Waals surface area (Å²) in [5, 5.41) is -0.374. The smallest absolute Gasteiger partial charge is 0.228 e. The Kier molecular flexibility index (Phi) is 6.68. The van der Waals surface area contributed by atoms with Gasteiger partial charge in [0, 0.05) is 19.7 Å². The number of sulfonamides is 1. The molecule has 1 atom stereocenters. The molecule has 0 fully saturated rings. The van der Waals surface area contributed by atoms with E-state index >= 15 is 0 Å². The zero-order valence-corrected chi connectivity index (χ0v) is 10.4. The van der Waals surface area contributed by atoms with Gasteiger partial charge in [-0.15, -0.1) is 11.6 Å². The summed E-state index contributed by atoms with van der Waals surface area (Å²) in [6.45, 7) is 4.55. The molecule has 0 saturated carbocycles. The molecule has 6 heteroatoms. The summed E-state index contributed by atoms with van der Waals surface area (Å²) in [4.78, 5) is 0. The van der Waals surface area contributed by atoms with Crippen LogP contribution in [-0.4, -0.2) is 44.2 Å². The van der Waals surface area contributed by atoms with Gasteiger partial charge in [-0.1, -0.05) is 6.92 Å². The van der Waals surface area contributed by atoms with E-state index in [-0.39, 0.29) is 11.3 Å². The van der Waals surface area contributed by atoms with Crippen molar-refractivity contribution in [2.45, 2.75) is 26.3 Å². The Morgan fingerprint density at radius 3 is 2.43 bits per heavy atom. The lowest BCUT2D eigenvalue weighted by Crippen LogP contribution is -2.40. The highest BCUT2D eigenvalue weighted by molar-refractivity contribution is 7.90. The van der Waals surface area contributed by atoms with E-state index in [1.54, 1.807) is 7.11 Å². The minimum atomic E-state index is -3.33. The fourth-order valence-corrected chi connectivity index (χ4v) is 2.63. The molecule has 86 valence electrons. The predicted octanol–water partition coefficient (Wildman–Crippen LogP) is 1.26. The number of ether oxygens (including phenoxy) is 1. The standard InChI is InChI=1S/C8H18ClNO3S/c1-4-8(2)10(5-6-13-3)14(11,12)7-9/h8H,4-7H2,1-3H3. The quantitative estimate of drug-likeness (QED) is 0.633. The number of nitrogens with zero attached hydrogens (tertiary/aromatic N) is 1. The fraction of sp³-hybridized carbons (Fsp3) is 1.00. The average molecular weight is 244 g/mol. The van der Waals surface area contributed by atoms with Crippen LogP contribution in [-0.2, 0) is 14.8 Å². The van der Waals surface area contributed by atoms with E-state index in [9.17, 15) is 8.42 Å². The monoisotopic (exact) mass is 243 g/mol. The van der Waals surface area contributed by atoms with Crippen LogP contribution in [0.4, 0.5) is 0 Å². The van der Waals surface area contributed by atoms with Crippen LogP contribution in [0.25, 0.3) is 0 Å². The SMILES string of the molecule is CCC(C)N(CCOC)S(=O)(=O)CCl. The molecule has 0 spiro atoms. The number of hydrogen-bond donors (Lipinski definition) is 0. The third-order valence-corrected chi connectivity index (χ3v) is 4.45. The summed E-state index contributed by atoms with van der Waals surface area (Å²) >= 11 is 5.40. The van der Waals surface area contributed by atoms with E-state index < -0.39 is 10.0 Å². The van der Waals surface area contributed by atoms with Gasteiger partial charge in [-0.05, 0) is 13.3 Å². The number of methoxy groups -OCH3 is 1. The van der Waals surface area contributed by atoms with Gasteiger partial charge in [0.1, 0.15) is 5.21 Å². The minimum absolute atomic E-state index is 0.0334. The first-order valence-electron chi connectivity index (χ1n) is 4.54. The lowest BCUT2D eigenvalue weighted by molar-refractivity contribution is 0.168. The zero-order valence-electron chi connectivity index (χ0n) is 8.86. The lowest BCUT2D eigenvalue weighted by Gasteiger charge is -2.26. The van der Waals surface area contributed by atoms with Crippen LogP contribution < -0.4 is 0 Å². The second-order valence-electron chi connectivity index (χ2n) is 3.08. The molecule has 0 bridgehead atoms. The maximum atomic E-state index is 11.5. The molecule has 0 aliphatic carbocycles. The van der Waals surface area contributed by atoms with Crippen molar-refractivity contribution in [3.63, 3.8) is 0 Å². The van der Waals surface area contributed by atoms with Gasteiger partial charge in [0.2, 0.25) is 10.0 Å². The summed E-state index contributed by atoms with van der Waals surface area (Å²) in [7, 11) is -1.78. The van der Waals surface area contributed by atoms with Crippen LogP contribution in [0.15, 0.2) is 0 Å². The Labute approximate surface area is 91.2 Å². The Bertz CT molecular complexity index is 243. The van der Waals surface area contributed by atoms with Gasteiger partial charge in [0.25, 0.3) is 0 Å². The molecule has 0 amide bonds. The van der Waals surface area contributed by atoms with Crippen LogP contribution >= 0.6 is 11.6 Å². The molecule has 0 N–H and O–H groups in total. The van der Waals surface area contributed by atoms with Crippen molar-refractivity contribution in [3.05, 3.63) is 0 Å². The normalized spacial score (nSPS) is 14.6. The van der Waals surface area contributed by atoms with E-state index in [0.29, 0.717) is 13.2 Å². The van der Waals surface area contributed by atoms with Crippen LogP contribution in [0.1, 0.15) is 20.3 Å². The van der Waals surface area contributed by atoms with Gasteiger partial charge >= 0.3 is 0 Å². The second-order valence-corrected chi connectivity index (χ2v) is 5.59. The molecule has 0 aromatic rings. The predicted molar refractivity (Wildman–Crippen MR) is 58.0 cm³/mol. The van der Waals surface area contributed by atoms with Crippen LogP contribution in [0.2, 0.25) is 0 Å². The lowest BCUT2D eigenvalue weighted by atomic mass is 10.3. The second kappa shape index (κ2) is 6.61. The Morgan fingerprint density at radius 2 is 2.07 bits per heavy atom. The summed E-state index contributed by atoms with van der Waals surface area (Å²) in [6, 6.07) is -0.0334. The molecule has 0 rings (SSSR count). The van der Waals surface area contributed by atoms with E-state index in [0.717, 1.165) is 6.42 Å². The molecule has 0 aliphatic rings. The van der Waals surface area contributed by atoms with Gasteiger partial charge in [0.15, 0.2) is 0 Å². The highest BCUT2D eigenvalue weighted by Gasteiger charge is 2.24. The topological polar surface area (TPSA) is 46.6 Å². The van der Waals surface area contributed by atoms with Crippen molar-refractivity contribution in [2.75, 3.05) is 25.5 Å². The van der Waals surface area contributed by atoms with E-state index in [4.69, 9.17) is 16.3 Å². The van der Waals surface area contributed by atoms with Crippen molar-refractivity contribution in [3.8, 4) is 0 Å². The Balaban J connectivity index is 4.55. The van der Waals surface area contributed by atoms with Gasteiger partial charge in [-0.2, -0.15) is 4.31 Å². The first kappa shape index (κ1) is 14.2. The number of hydrogen-bond acceptors (Lipinski definition) is 3. The van der Waals surface area contributed by atoms with Crippen molar-refractivity contribution < 1.29 is 13.2 Å². The van der Waals surface area contributed by atoms with Crippen LogP contribution in [0.3, 0.4) is 0 Å². The molecule has 14 heavy (non-hydrogen) atoms. The summed E-state index contributed by atoms with van der Waals surface area (Å²) in [6.07, 6.45) is 0.764. The van der Waals surface area contributed by atoms with Crippen molar-refractivity contribution in [2.24, 2.45) is 0 Å². The number of halogens is 1. The Hall–Kier alpha value is 0.160. The van der Waals surface area contributed by atoms with Crippen LogP contribution in [0.5, 0.6) is 0 Å². The van der Waals surface area contributed by atoms with Crippen LogP contribution in [0, 0.1) is 0 Å². The van der Waals surface area contributed by atoms with Gasteiger partial charge in [-0.3, -0.25) is 0 Å². The molecular weight excluding hydrogens is 226 g/mol. The summed E-state index contributed by atoms with van der Waals surface area (Å²) < 4.78 is 29.3. The number of rotatable bonds is 7. The van der Waals surface area contributed by atoms with Gasteiger partial charge in [-0.25, -0.2) is 8.42 Å². The third-order valence-electron chi connectivity index (χ3n) is 2.09. The van der Waals surface area contributed by atoms with Crippen molar-refractivity contribution in [1.82, 2.24) is 4.31 Å². The molecule has 0 aromatic carbocycles. The van der Waals surface area contributed by atoms with Crippen molar-refractivity contribution in [1.29, 1.82) is 0 Å². The van der Waals surface area contributed by atoms with E-state index in [1.807, 2.05) is 13.8 Å². The molecule has 1 unspecified atom stereocenters. The summed E-state index contributed by atoms with van der Waals surface area (Å²) in [5.41, 5.74) is 0. The highest BCUT2D eigenvalue weighted by atomic mass is 35.5. The molecular formula is C8H18ClNO3S. The Morgan fingerprint density at radius 1 is 1.50 bits per heavy atom. The highest BCUT2D eigenvalue weighted by Crippen LogP contribution is 2.11. The average Bonchev–Trinajstić information content (AvgIpc) is 2.17. The third kappa shape index (κ3) is 4.13. The van der Waals surface area contributed by atoms with Gasteiger partial charge < -0.3 is 4.74 Å². The number of alkyl halides is 1. The first-order chi connectivity index (χ1) is 6.49. The largest absolute Gasteiger partial charge is 0.383 e. The molecule has 0 saturated heterocycles. The van der Waals surface area contributed by atoms with Crippen molar-refractivity contribution >= 4 is 21.6 Å². The molecule has 0 radical (unpaired) electrons. The molecule has 0 aliphatic heterocycles.